The summed E-state index contributed by atoms with van der Waals surface area (Å²) < 4.78 is 5.18. The Morgan fingerprint density at radius 2 is 1.59 bits per heavy atom. The van der Waals surface area contributed by atoms with Crippen LogP contribution in [0.4, 0.5) is 0 Å². The number of benzene rings is 2. The van der Waals surface area contributed by atoms with Gasteiger partial charge in [0.15, 0.2) is 0 Å². The average molecular weight is 465 g/mol. The van der Waals surface area contributed by atoms with Gasteiger partial charge in [0.05, 0.1) is 19.1 Å². The van der Waals surface area contributed by atoms with Crippen molar-refractivity contribution < 1.29 is 19.1 Å². The van der Waals surface area contributed by atoms with Crippen molar-refractivity contribution in [2.45, 2.75) is 57.9 Å². The molecule has 34 heavy (non-hydrogen) atoms. The SMILES string of the molecule is CCOC(=O)C1CCCCC1NC(=O)CNC(=O)C(CCc1ccccc1)Cc1ccccc1. The van der Waals surface area contributed by atoms with Gasteiger partial charge in [-0.3, -0.25) is 14.4 Å². The number of nitrogens with one attached hydrogen (secondary N) is 2. The van der Waals surface area contributed by atoms with Crippen LogP contribution in [-0.2, 0) is 32.0 Å². The number of rotatable bonds is 11. The number of esters is 1. The molecule has 0 saturated heterocycles. The number of hydrogen-bond acceptors (Lipinski definition) is 4. The normalized spacial score (nSPS) is 18.5. The molecule has 2 aromatic carbocycles. The van der Waals surface area contributed by atoms with Gasteiger partial charge in [-0.05, 0) is 50.2 Å². The van der Waals surface area contributed by atoms with Gasteiger partial charge < -0.3 is 15.4 Å². The molecule has 3 unspecified atom stereocenters. The molecular weight excluding hydrogens is 428 g/mol. The minimum atomic E-state index is -0.315. The lowest BCUT2D eigenvalue weighted by atomic mass is 9.84. The van der Waals surface area contributed by atoms with Crippen LogP contribution in [0.5, 0.6) is 0 Å². The molecule has 3 atom stereocenters. The molecule has 6 heteroatoms. The van der Waals surface area contributed by atoms with E-state index in [1.165, 1.54) is 5.56 Å². The van der Waals surface area contributed by atoms with Crippen molar-refractivity contribution in [1.82, 2.24) is 10.6 Å². The van der Waals surface area contributed by atoms with Gasteiger partial charge in [-0.25, -0.2) is 0 Å². The van der Waals surface area contributed by atoms with Crippen LogP contribution < -0.4 is 10.6 Å². The maximum atomic E-state index is 13.1. The topological polar surface area (TPSA) is 84.5 Å². The van der Waals surface area contributed by atoms with Crippen LogP contribution in [0.25, 0.3) is 0 Å². The summed E-state index contributed by atoms with van der Waals surface area (Å²) in [5.41, 5.74) is 2.29. The molecule has 0 aromatic heterocycles. The third-order valence-corrected chi connectivity index (χ3v) is 6.44. The standard InChI is InChI=1S/C28H36N2O4/c1-2-34-28(33)24-15-9-10-16-25(24)30-26(31)20-29-27(32)23(19-22-13-7-4-8-14-22)18-17-21-11-5-3-6-12-21/h3-8,11-14,23-25H,2,9-10,15-20H2,1H3,(H,29,32)(H,30,31). The molecule has 1 saturated carbocycles. The maximum Gasteiger partial charge on any atom is 0.311 e. The second-order valence-electron chi connectivity index (χ2n) is 8.95. The van der Waals surface area contributed by atoms with Gasteiger partial charge in [0.2, 0.25) is 11.8 Å². The van der Waals surface area contributed by atoms with E-state index in [0.29, 0.717) is 19.4 Å². The summed E-state index contributed by atoms with van der Waals surface area (Å²) in [7, 11) is 0. The van der Waals surface area contributed by atoms with E-state index in [1.54, 1.807) is 6.92 Å². The fourth-order valence-corrected chi connectivity index (χ4v) is 4.61. The maximum absolute atomic E-state index is 13.1. The second kappa shape index (κ2) is 13.5. The van der Waals surface area contributed by atoms with Gasteiger partial charge >= 0.3 is 5.97 Å². The van der Waals surface area contributed by atoms with E-state index in [4.69, 9.17) is 4.74 Å². The molecule has 2 amide bonds. The molecule has 1 aliphatic rings. The Morgan fingerprint density at radius 1 is 0.941 bits per heavy atom. The van der Waals surface area contributed by atoms with Gasteiger partial charge in [0.1, 0.15) is 0 Å². The summed E-state index contributed by atoms with van der Waals surface area (Å²) in [6.07, 6.45) is 5.49. The van der Waals surface area contributed by atoms with Crippen molar-refractivity contribution in [3.8, 4) is 0 Å². The van der Waals surface area contributed by atoms with Gasteiger partial charge in [-0.2, -0.15) is 0 Å². The summed E-state index contributed by atoms with van der Waals surface area (Å²) in [6, 6.07) is 19.8. The second-order valence-corrected chi connectivity index (χ2v) is 8.95. The van der Waals surface area contributed by atoms with E-state index < -0.39 is 0 Å². The van der Waals surface area contributed by atoms with E-state index >= 15 is 0 Å². The number of aryl methyl sites for hydroxylation is 1. The van der Waals surface area contributed by atoms with Crippen molar-refractivity contribution in [3.05, 3.63) is 71.8 Å². The summed E-state index contributed by atoms with van der Waals surface area (Å²) in [5, 5.41) is 5.79. The van der Waals surface area contributed by atoms with Crippen molar-refractivity contribution in [2.75, 3.05) is 13.2 Å². The van der Waals surface area contributed by atoms with Gasteiger partial charge in [0.25, 0.3) is 0 Å². The third-order valence-electron chi connectivity index (χ3n) is 6.44. The molecule has 0 heterocycles. The molecule has 0 bridgehead atoms. The quantitative estimate of drug-likeness (QED) is 0.495. The lowest BCUT2D eigenvalue weighted by molar-refractivity contribution is -0.150. The van der Waals surface area contributed by atoms with E-state index in [0.717, 1.165) is 37.7 Å². The lowest BCUT2D eigenvalue weighted by Crippen LogP contribution is -2.49. The summed E-state index contributed by atoms with van der Waals surface area (Å²) in [6.45, 7) is 2.02. The Morgan fingerprint density at radius 3 is 2.26 bits per heavy atom. The van der Waals surface area contributed by atoms with E-state index in [9.17, 15) is 14.4 Å². The molecule has 0 radical (unpaired) electrons. The zero-order chi connectivity index (χ0) is 24.2. The Balaban J connectivity index is 1.55. The predicted octanol–water partition coefficient (Wildman–Crippen LogP) is 3.83. The molecule has 3 rings (SSSR count). The minimum absolute atomic E-state index is 0.0957. The van der Waals surface area contributed by atoms with E-state index in [1.807, 2.05) is 48.5 Å². The van der Waals surface area contributed by atoms with Gasteiger partial charge in [-0.1, -0.05) is 73.5 Å². The summed E-state index contributed by atoms with van der Waals surface area (Å²) in [4.78, 5) is 37.9. The Bertz CT molecular complexity index is 917. The van der Waals surface area contributed by atoms with Crippen LogP contribution >= 0.6 is 0 Å². The first-order valence-corrected chi connectivity index (χ1v) is 12.4. The largest absolute Gasteiger partial charge is 0.466 e. The molecule has 2 aromatic rings. The summed E-state index contributed by atoms with van der Waals surface area (Å²) >= 11 is 0. The molecule has 1 fully saturated rings. The van der Waals surface area contributed by atoms with E-state index in [2.05, 4.69) is 22.8 Å². The highest BCUT2D eigenvalue weighted by atomic mass is 16.5. The smallest absolute Gasteiger partial charge is 0.311 e. The van der Waals surface area contributed by atoms with Crippen LogP contribution in [0.2, 0.25) is 0 Å². The number of hydrogen-bond donors (Lipinski definition) is 2. The highest BCUT2D eigenvalue weighted by Gasteiger charge is 2.33. The van der Waals surface area contributed by atoms with Crippen molar-refractivity contribution in [1.29, 1.82) is 0 Å². The lowest BCUT2D eigenvalue weighted by Gasteiger charge is -2.30. The fraction of sp³-hybridized carbons (Fsp3) is 0.464. The molecule has 0 spiro atoms. The highest BCUT2D eigenvalue weighted by molar-refractivity contribution is 5.86. The molecule has 2 N–H and O–H groups in total. The van der Waals surface area contributed by atoms with Crippen LogP contribution in [0.3, 0.4) is 0 Å². The molecule has 1 aliphatic carbocycles. The Hall–Kier alpha value is -3.15. The molecule has 182 valence electrons. The zero-order valence-electron chi connectivity index (χ0n) is 20.0. The number of carbonyl (C=O) groups excluding carboxylic acids is 3. The van der Waals surface area contributed by atoms with Crippen molar-refractivity contribution >= 4 is 17.8 Å². The first-order valence-electron chi connectivity index (χ1n) is 12.4. The first kappa shape index (κ1) is 25.5. The van der Waals surface area contributed by atoms with Crippen LogP contribution in [-0.4, -0.2) is 37.0 Å². The zero-order valence-corrected chi connectivity index (χ0v) is 20.0. The predicted molar refractivity (Wildman–Crippen MR) is 132 cm³/mol. The monoisotopic (exact) mass is 464 g/mol. The van der Waals surface area contributed by atoms with Crippen LogP contribution in [0.1, 0.15) is 50.2 Å². The van der Waals surface area contributed by atoms with Gasteiger partial charge in [0, 0.05) is 12.0 Å². The summed E-state index contributed by atoms with van der Waals surface area (Å²) in [5.74, 6) is -1.20. The fourth-order valence-electron chi connectivity index (χ4n) is 4.61. The molecular formula is C28H36N2O4. The number of carbonyl (C=O) groups is 3. The van der Waals surface area contributed by atoms with Crippen molar-refractivity contribution in [2.24, 2.45) is 11.8 Å². The number of amides is 2. The Kier molecular flexibility index (Phi) is 10.1. The van der Waals surface area contributed by atoms with Crippen molar-refractivity contribution in [3.63, 3.8) is 0 Å². The number of ether oxygens (including phenoxy) is 1. The highest BCUT2D eigenvalue weighted by Crippen LogP contribution is 2.25. The van der Waals surface area contributed by atoms with Crippen LogP contribution in [0.15, 0.2) is 60.7 Å². The van der Waals surface area contributed by atoms with E-state index in [-0.39, 0.29) is 42.2 Å². The average Bonchev–Trinajstić information content (AvgIpc) is 2.87. The van der Waals surface area contributed by atoms with Crippen LogP contribution in [0, 0.1) is 11.8 Å². The Labute approximate surface area is 202 Å². The third kappa shape index (κ3) is 8.01. The first-order chi connectivity index (χ1) is 16.6. The molecule has 6 nitrogen and oxygen atoms in total. The minimum Gasteiger partial charge on any atom is -0.466 e. The molecule has 0 aliphatic heterocycles. The van der Waals surface area contributed by atoms with Gasteiger partial charge in [-0.15, -0.1) is 0 Å².